The summed E-state index contributed by atoms with van der Waals surface area (Å²) in [5.74, 6) is -0.206. The van der Waals surface area contributed by atoms with Crippen molar-refractivity contribution < 1.29 is 27.8 Å². The highest BCUT2D eigenvalue weighted by molar-refractivity contribution is 8.01. The number of rotatable bonds is 8. The molecule has 1 aromatic heterocycles. The first kappa shape index (κ1) is 24.7. The molecule has 0 amide bonds. The van der Waals surface area contributed by atoms with Gasteiger partial charge in [0.15, 0.2) is 0 Å². The van der Waals surface area contributed by atoms with E-state index in [9.17, 15) is 23.1 Å². The largest absolute Gasteiger partial charge is 0.493 e. The Kier molecular flexibility index (Phi) is 6.80. The van der Waals surface area contributed by atoms with Crippen LogP contribution in [0.4, 0.5) is 13.2 Å². The lowest BCUT2D eigenvalue weighted by atomic mass is 10.1. The van der Waals surface area contributed by atoms with Gasteiger partial charge in [-0.25, -0.2) is 4.68 Å². The number of carboxylic acid groups (broad SMARTS) is 1. The molecular formula is C26H23F3N2O3S. The Bertz CT molecular complexity index is 1330. The van der Waals surface area contributed by atoms with Gasteiger partial charge in [0.1, 0.15) is 10.5 Å². The minimum Gasteiger partial charge on any atom is -0.493 e. The lowest BCUT2D eigenvalue weighted by Crippen LogP contribution is -2.26. The van der Waals surface area contributed by atoms with E-state index in [4.69, 9.17) is 4.74 Å². The number of carbonyl (C=O) groups is 1. The van der Waals surface area contributed by atoms with Crippen molar-refractivity contribution in [2.75, 3.05) is 6.61 Å². The maximum atomic E-state index is 12.8. The minimum absolute atomic E-state index is 0.402. The molecule has 0 aliphatic rings. The molecule has 4 aromatic rings. The van der Waals surface area contributed by atoms with Crippen LogP contribution in [0.1, 0.15) is 25.0 Å². The van der Waals surface area contributed by atoms with Gasteiger partial charge in [0.25, 0.3) is 0 Å². The summed E-state index contributed by atoms with van der Waals surface area (Å²) in [7, 11) is 0. The second-order valence-corrected chi connectivity index (χ2v) is 10.2. The van der Waals surface area contributed by atoms with E-state index >= 15 is 0 Å². The normalized spacial score (nSPS) is 12.1. The number of aromatic nitrogens is 2. The second-order valence-electron chi connectivity index (χ2n) is 8.46. The summed E-state index contributed by atoms with van der Waals surface area (Å²) in [6.07, 6.45) is -2.00. The van der Waals surface area contributed by atoms with Gasteiger partial charge in [0, 0.05) is 22.9 Å². The quantitative estimate of drug-likeness (QED) is 0.276. The average molecular weight is 501 g/mol. The molecule has 5 nitrogen and oxygen atoms in total. The maximum Gasteiger partial charge on any atom is 0.416 e. The molecule has 0 aliphatic heterocycles. The van der Waals surface area contributed by atoms with Crippen LogP contribution in [0.3, 0.4) is 0 Å². The molecule has 9 heteroatoms. The summed E-state index contributed by atoms with van der Waals surface area (Å²) >= 11 is 1.27. The van der Waals surface area contributed by atoms with Gasteiger partial charge in [0.2, 0.25) is 0 Å². The zero-order chi connectivity index (χ0) is 25.2. The lowest BCUT2D eigenvalue weighted by Gasteiger charge is -2.18. The van der Waals surface area contributed by atoms with Gasteiger partial charge in [-0.2, -0.15) is 18.3 Å². The number of halogens is 3. The lowest BCUT2D eigenvalue weighted by molar-refractivity contribution is -0.139. The highest BCUT2D eigenvalue weighted by Crippen LogP contribution is 2.33. The fourth-order valence-electron chi connectivity index (χ4n) is 3.46. The summed E-state index contributed by atoms with van der Waals surface area (Å²) in [5, 5.41) is 14.7. The van der Waals surface area contributed by atoms with Crippen LogP contribution in [-0.4, -0.2) is 32.2 Å². The Morgan fingerprint density at radius 3 is 2.34 bits per heavy atom. The molecule has 0 saturated carbocycles. The Balaban J connectivity index is 1.42. The van der Waals surface area contributed by atoms with Crippen molar-refractivity contribution in [3.8, 4) is 11.4 Å². The van der Waals surface area contributed by atoms with Crippen LogP contribution < -0.4 is 4.74 Å². The van der Waals surface area contributed by atoms with Crippen molar-refractivity contribution in [2.45, 2.75) is 36.1 Å². The van der Waals surface area contributed by atoms with E-state index in [1.807, 2.05) is 30.3 Å². The number of nitrogens with zero attached hydrogens (tertiary/aromatic N) is 2. The molecule has 1 N–H and O–H groups in total. The van der Waals surface area contributed by atoms with E-state index in [-0.39, 0.29) is 0 Å². The second kappa shape index (κ2) is 9.65. The number of alkyl halides is 3. The van der Waals surface area contributed by atoms with Gasteiger partial charge >= 0.3 is 12.1 Å². The van der Waals surface area contributed by atoms with Crippen LogP contribution in [0.15, 0.2) is 77.8 Å². The number of benzene rings is 3. The number of hydrogen-bond donors (Lipinski definition) is 1. The number of ether oxygens (including phenoxy) is 1. The molecule has 0 unspecified atom stereocenters. The zero-order valence-corrected chi connectivity index (χ0v) is 19.9. The topological polar surface area (TPSA) is 64.4 Å². The number of hydrogen-bond acceptors (Lipinski definition) is 4. The molecule has 0 spiro atoms. The number of fused-ring (bicyclic) bond motifs is 1. The third kappa shape index (κ3) is 5.79. The van der Waals surface area contributed by atoms with E-state index in [1.54, 1.807) is 36.9 Å². The van der Waals surface area contributed by atoms with Gasteiger partial charge in [-0.3, -0.25) is 4.79 Å². The molecule has 0 fully saturated rings. The third-order valence-electron chi connectivity index (χ3n) is 5.43. The van der Waals surface area contributed by atoms with Crippen molar-refractivity contribution in [2.24, 2.45) is 0 Å². The van der Waals surface area contributed by atoms with Crippen molar-refractivity contribution in [3.63, 3.8) is 0 Å². The molecule has 0 aliphatic carbocycles. The van der Waals surface area contributed by atoms with Crippen molar-refractivity contribution >= 4 is 28.6 Å². The standard InChI is InChI=1S/C26H23F3N2O3S/c1-25(2,24(32)33)35-22-12-10-21(11-13-22)34-15-14-17-4-3-5-18-16-31(30-23(17)18)20-8-6-19(7-9-20)26(27,28)29/h3-13,16H,14-15H2,1-2H3,(H,32,33). The van der Waals surface area contributed by atoms with Crippen LogP contribution in [0.25, 0.3) is 16.6 Å². The average Bonchev–Trinajstić information content (AvgIpc) is 3.25. The highest BCUT2D eigenvalue weighted by atomic mass is 32.2. The van der Waals surface area contributed by atoms with Crippen LogP contribution in [0.5, 0.6) is 5.75 Å². The summed E-state index contributed by atoms with van der Waals surface area (Å²) in [6.45, 7) is 3.72. The highest BCUT2D eigenvalue weighted by Gasteiger charge is 2.30. The molecule has 1 heterocycles. The molecule has 3 aromatic carbocycles. The molecular weight excluding hydrogens is 477 g/mol. The van der Waals surface area contributed by atoms with Crippen LogP contribution in [0, 0.1) is 0 Å². The van der Waals surface area contributed by atoms with Crippen molar-refractivity contribution in [1.29, 1.82) is 0 Å². The van der Waals surface area contributed by atoms with Crippen LogP contribution >= 0.6 is 11.8 Å². The maximum absolute atomic E-state index is 12.8. The first-order chi connectivity index (χ1) is 16.5. The van der Waals surface area contributed by atoms with Crippen molar-refractivity contribution in [1.82, 2.24) is 9.78 Å². The minimum atomic E-state index is -4.38. The molecule has 0 atom stereocenters. The zero-order valence-electron chi connectivity index (χ0n) is 19.0. The molecule has 0 radical (unpaired) electrons. The summed E-state index contributed by atoms with van der Waals surface area (Å²) in [6, 6.07) is 17.9. The molecule has 4 rings (SSSR count). The Hall–Kier alpha value is -3.46. The molecule has 0 bridgehead atoms. The Labute approximate surface area is 204 Å². The van der Waals surface area contributed by atoms with E-state index in [0.717, 1.165) is 33.5 Å². The SMILES string of the molecule is CC(C)(Sc1ccc(OCCc2cccc3cn(-c4ccc(C(F)(F)F)cc4)nc23)cc1)C(=O)O. The monoisotopic (exact) mass is 500 g/mol. The summed E-state index contributed by atoms with van der Waals surface area (Å²) in [5.41, 5.74) is 1.57. The Morgan fingerprint density at radius 2 is 1.71 bits per heavy atom. The van der Waals surface area contributed by atoms with Gasteiger partial charge in [-0.15, -0.1) is 11.8 Å². The predicted octanol–water partition coefficient (Wildman–Crippen LogP) is 6.62. The summed E-state index contributed by atoms with van der Waals surface area (Å²) < 4.78 is 45.0. The first-order valence-electron chi connectivity index (χ1n) is 10.8. The van der Waals surface area contributed by atoms with E-state index in [0.29, 0.717) is 24.5 Å². The smallest absolute Gasteiger partial charge is 0.416 e. The van der Waals surface area contributed by atoms with E-state index in [1.165, 1.54) is 23.9 Å². The van der Waals surface area contributed by atoms with Crippen LogP contribution in [0.2, 0.25) is 0 Å². The fourth-order valence-corrected chi connectivity index (χ4v) is 4.41. The van der Waals surface area contributed by atoms with Crippen LogP contribution in [-0.2, 0) is 17.4 Å². The van der Waals surface area contributed by atoms with Gasteiger partial charge in [0.05, 0.1) is 23.4 Å². The fraction of sp³-hybridized carbons (Fsp3) is 0.231. The number of thioether (sulfide) groups is 1. The third-order valence-corrected chi connectivity index (χ3v) is 6.62. The van der Waals surface area contributed by atoms with Gasteiger partial charge in [-0.1, -0.05) is 18.2 Å². The predicted molar refractivity (Wildman–Crippen MR) is 129 cm³/mol. The van der Waals surface area contributed by atoms with Gasteiger partial charge in [-0.05, 0) is 67.9 Å². The molecule has 182 valence electrons. The molecule has 0 saturated heterocycles. The Morgan fingerprint density at radius 1 is 1.03 bits per heavy atom. The number of aliphatic carboxylic acids is 1. The van der Waals surface area contributed by atoms with E-state index in [2.05, 4.69) is 5.10 Å². The van der Waals surface area contributed by atoms with Crippen molar-refractivity contribution in [3.05, 3.63) is 84.1 Å². The summed E-state index contributed by atoms with van der Waals surface area (Å²) in [4.78, 5) is 12.1. The molecule has 35 heavy (non-hydrogen) atoms. The van der Waals surface area contributed by atoms with Gasteiger partial charge < -0.3 is 9.84 Å². The number of carboxylic acids is 1. The first-order valence-corrected chi connectivity index (χ1v) is 11.6. The van der Waals surface area contributed by atoms with E-state index < -0.39 is 22.5 Å².